The molecule has 3 aromatic rings. The highest BCUT2D eigenvalue weighted by atomic mass is 32.2. The predicted octanol–water partition coefficient (Wildman–Crippen LogP) is 2.82. The Morgan fingerprint density at radius 2 is 1.71 bits per heavy atom. The fraction of sp³-hybridized carbons (Fsp3) is 0.222. The highest BCUT2D eigenvalue weighted by Gasteiger charge is 2.23. The number of hydrazone groups is 1. The van der Waals surface area contributed by atoms with E-state index < -0.39 is 27.9 Å². The summed E-state index contributed by atoms with van der Waals surface area (Å²) in [5.74, 6) is -0.374. The Bertz CT molecular complexity index is 1380. The highest BCUT2D eigenvalue weighted by Crippen LogP contribution is 2.28. The molecule has 11 heteroatoms. The van der Waals surface area contributed by atoms with Crippen molar-refractivity contribution < 1.29 is 27.5 Å². The number of aryl methyl sites for hydroxylation is 1. The lowest BCUT2D eigenvalue weighted by Gasteiger charge is -2.18. The van der Waals surface area contributed by atoms with E-state index in [4.69, 9.17) is 15.2 Å². The van der Waals surface area contributed by atoms with Gasteiger partial charge in [-0.05, 0) is 55.3 Å². The number of ether oxygens (including phenoxy) is 2. The van der Waals surface area contributed by atoms with Crippen LogP contribution in [-0.2, 0) is 19.6 Å². The van der Waals surface area contributed by atoms with Crippen molar-refractivity contribution in [3.8, 4) is 11.5 Å². The largest absolute Gasteiger partial charge is 0.490 e. The first-order valence-electron chi connectivity index (χ1n) is 11.8. The highest BCUT2D eigenvalue weighted by molar-refractivity contribution is 7.89. The van der Waals surface area contributed by atoms with E-state index in [9.17, 15) is 18.0 Å². The minimum atomic E-state index is -3.88. The van der Waals surface area contributed by atoms with Gasteiger partial charge in [0.2, 0.25) is 15.9 Å². The Morgan fingerprint density at radius 3 is 2.37 bits per heavy atom. The lowest BCUT2D eigenvalue weighted by molar-refractivity contribution is -0.121. The van der Waals surface area contributed by atoms with Crippen LogP contribution in [0.5, 0.6) is 11.5 Å². The first-order valence-corrected chi connectivity index (χ1v) is 13.3. The topological polar surface area (TPSA) is 149 Å². The van der Waals surface area contributed by atoms with E-state index in [2.05, 4.69) is 15.2 Å². The van der Waals surface area contributed by atoms with Gasteiger partial charge >= 0.3 is 0 Å². The maximum Gasteiger partial charge on any atom is 0.255 e. The van der Waals surface area contributed by atoms with Crippen molar-refractivity contribution in [2.75, 3.05) is 13.2 Å². The molecule has 0 saturated heterocycles. The monoisotopic (exact) mass is 538 g/mol. The molecular formula is C27H30N4O6S. The summed E-state index contributed by atoms with van der Waals surface area (Å²) in [6.07, 6.45) is 1.23. The number of nitrogens with zero attached hydrogens (tertiary/aromatic N) is 1. The molecule has 0 aliphatic rings. The molecule has 2 amide bonds. The first-order chi connectivity index (χ1) is 18.2. The summed E-state index contributed by atoms with van der Waals surface area (Å²) in [7, 11) is -3.88. The number of primary amides is 1. The molecule has 0 bridgehead atoms. The molecule has 0 saturated carbocycles. The van der Waals surface area contributed by atoms with E-state index in [0.29, 0.717) is 29.2 Å². The normalized spacial score (nSPS) is 12.2. The molecule has 0 radical (unpaired) electrons. The van der Waals surface area contributed by atoms with Crippen LogP contribution in [0.15, 0.2) is 82.8 Å². The average molecular weight is 539 g/mol. The third-order valence-corrected chi connectivity index (χ3v) is 6.75. The predicted molar refractivity (Wildman–Crippen MR) is 143 cm³/mol. The van der Waals surface area contributed by atoms with Gasteiger partial charge in [0.25, 0.3) is 5.91 Å². The Balaban J connectivity index is 1.70. The Kier molecular flexibility index (Phi) is 9.97. The van der Waals surface area contributed by atoms with Crippen LogP contribution in [0.3, 0.4) is 0 Å². The van der Waals surface area contributed by atoms with E-state index in [-0.39, 0.29) is 17.9 Å². The zero-order chi connectivity index (χ0) is 27.5. The fourth-order valence-electron chi connectivity index (χ4n) is 3.44. The van der Waals surface area contributed by atoms with Gasteiger partial charge < -0.3 is 15.2 Å². The number of hydrogen-bond acceptors (Lipinski definition) is 7. The van der Waals surface area contributed by atoms with E-state index in [0.717, 1.165) is 5.56 Å². The number of nitrogens with one attached hydrogen (secondary N) is 2. The fourth-order valence-corrected chi connectivity index (χ4v) is 4.66. The number of rotatable bonds is 13. The second-order valence-electron chi connectivity index (χ2n) is 8.29. The number of sulfonamides is 1. The van der Waals surface area contributed by atoms with Crippen LogP contribution in [0.4, 0.5) is 0 Å². The molecule has 0 aromatic heterocycles. The van der Waals surface area contributed by atoms with E-state index in [1.807, 2.05) is 6.92 Å². The SMILES string of the molecule is CCOc1cc(/C=N\NC(=O)C[C@H](NS(=O)(=O)c2ccc(C)cc2)c2ccccc2)ccc1OCC(N)=O. The molecule has 10 nitrogen and oxygen atoms in total. The van der Waals surface area contributed by atoms with E-state index >= 15 is 0 Å². The second kappa shape index (κ2) is 13.4. The van der Waals surface area contributed by atoms with Crippen LogP contribution in [0, 0.1) is 6.92 Å². The minimum absolute atomic E-state index is 0.107. The standard InChI is InChI=1S/C27H30N4O6S/c1-3-36-25-15-20(11-14-24(25)37-18-26(28)32)17-29-30-27(33)16-23(21-7-5-4-6-8-21)31-38(34,35)22-12-9-19(2)10-13-22/h4-15,17,23,31H,3,16,18H2,1-2H3,(H2,28,32)(H,30,33)/b29-17-/t23-/m0/s1. The number of amides is 2. The van der Waals surface area contributed by atoms with Gasteiger partial charge in [0.05, 0.1) is 23.8 Å². The van der Waals surface area contributed by atoms with Crippen LogP contribution in [0.25, 0.3) is 0 Å². The lowest BCUT2D eigenvalue weighted by Crippen LogP contribution is -2.32. The van der Waals surface area contributed by atoms with Gasteiger partial charge in [-0.3, -0.25) is 9.59 Å². The second-order valence-corrected chi connectivity index (χ2v) is 10.0. The molecule has 200 valence electrons. The lowest BCUT2D eigenvalue weighted by atomic mass is 10.0. The van der Waals surface area contributed by atoms with Crippen molar-refractivity contribution >= 4 is 28.1 Å². The van der Waals surface area contributed by atoms with Gasteiger partial charge in [-0.2, -0.15) is 5.10 Å². The van der Waals surface area contributed by atoms with Crippen LogP contribution in [-0.4, -0.2) is 39.7 Å². The molecule has 1 atom stereocenters. The van der Waals surface area contributed by atoms with Gasteiger partial charge in [0.15, 0.2) is 18.1 Å². The number of hydrogen-bond donors (Lipinski definition) is 3. The van der Waals surface area contributed by atoms with Crippen molar-refractivity contribution in [1.82, 2.24) is 10.1 Å². The number of carbonyl (C=O) groups is 2. The van der Waals surface area contributed by atoms with Gasteiger partial charge in [-0.15, -0.1) is 0 Å². The number of carbonyl (C=O) groups excluding carboxylic acids is 2. The summed E-state index contributed by atoms with van der Waals surface area (Å²) in [4.78, 5) is 23.8. The zero-order valence-corrected chi connectivity index (χ0v) is 21.9. The van der Waals surface area contributed by atoms with Crippen molar-refractivity contribution in [3.05, 3.63) is 89.5 Å². The van der Waals surface area contributed by atoms with E-state index in [1.54, 1.807) is 67.6 Å². The Hall–Kier alpha value is -4.22. The molecule has 3 aromatic carbocycles. The van der Waals surface area contributed by atoms with Crippen molar-refractivity contribution in [2.24, 2.45) is 10.8 Å². The molecule has 38 heavy (non-hydrogen) atoms. The summed E-state index contributed by atoms with van der Waals surface area (Å²) >= 11 is 0. The molecular weight excluding hydrogens is 508 g/mol. The van der Waals surface area contributed by atoms with Crippen molar-refractivity contribution in [1.29, 1.82) is 0 Å². The number of nitrogens with two attached hydrogens (primary N) is 1. The van der Waals surface area contributed by atoms with Crippen LogP contribution in [0.1, 0.15) is 36.1 Å². The third kappa shape index (κ3) is 8.43. The quantitative estimate of drug-likeness (QED) is 0.225. The third-order valence-electron chi connectivity index (χ3n) is 5.26. The molecule has 0 heterocycles. The van der Waals surface area contributed by atoms with Gasteiger partial charge in [-0.25, -0.2) is 18.6 Å². The molecule has 0 unspecified atom stereocenters. The molecule has 3 rings (SSSR count). The zero-order valence-electron chi connectivity index (χ0n) is 21.1. The van der Waals surface area contributed by atoms with Gasteiger partial charge in [0, 0.05) is 6.42 Å². The van der Waals surface area contributed by atoms with Crippen molar-refractivity contribution in [2.45, 2.75) is 31.2 Å². The summed E-state index contributed by atoms with van der Waals surface area (Å²) < 4.78 is 39.5. The molecule has 0 aliphatic carbocycles. The molecule has 0 aliphatic heterocycles. The maximum atomic E-state index is 13.0. The molecule has 4 N–H and O–H groups in total. The summed E-state index contributed by atoms with van der Waals surface area (Å²) in [5, 5.41) is 3.99. The summed E-state index contributed by atoms with van der Waals surface area (Å²) in [6, 6.07) is 19.4. The van der Waals surface area contributed by atoms with Crippen LogP contribution >= 0.6 is 0 Å². The van der Waals surface area contributed by atoms with Gasteiger partial charge in [0.1, 0.15) is 0 Å². The minimum Gasteiger partial charge on any atom is -0.490 e. The average Bonchev–Trinajstić information content (AvgIpc) is 2.88. The first kappa shape index (κ1) is 28.4. The van der Waals surface area contributed by atoms with Gasteiger partial charge in [-0.1, -0.05) is 48.0 Å². The summed E-state index contributed by atoms with van der Waals surface area (Å²) in [6.45, 7) is 3.74. The molecule has 0 fully saturated rings. The Labute approximate surface area is 221 Å². The van der Waals surface area contributed by atoms with Crippen LogP contribution < -0.4 is 25.4 Å². The smallest absolute Gasteiger partial charge is 0.255 e. The van der Waals surface area contributed by atoms with Crippen LogP contribution in [0.2, 0.25) is 0 Å². The summed E-state index contributed by atoms with van der Waals surface area (Å²) in [5.41, 5.74) is 9.72. The number of benzene rings is 3. The molecule has 0 spiro atoms. The van der Waals surface area contributed by atoms with E-state index in [1.165, 1.54) is 18.3 Å². The maximum absolute atomic E-state index is 13.0. The Morgan fingerprint density at radius 1 is 1.00 bits per heavy atom. The van der Waals surface area contributed by atoms with Crippen molar-refractivity contribution in [3.63, 3.8) is 0 Å².